The molecule has 5 rings (SSSR count). The Hall–Kier alpha value is -6.97. The SMILES string of the molecule is CC(C)C(NC(=O)OCC1c2ccccc2-c2ccccc21)C(=O)NC(CCCNC(N)=O)C(=O)Nc1ccc(C(OC(=O)O)c2ccc([N+](=O)[O-])cc2)cc1. The van der Waals surface area contributed by atoms with Crippen LogP contribution in [0.2, 0.25) is 0 Å². The molecule has 0 spiro atoms. The van der Waals surface area contributed by atoms with Gasteiger partial charge in [0.1, 0.15) is 18.7 Å². The van der Waals surface area contributed by atoms with Crippen LogP contribution in [0.3, 0.4) is 0 Å². The number of amides is 5. The summed E-state index contributed by atoms with van der Waals surface area (Å²) in [5.41, 5.74) is 10.2. The summed E-state index contributed by atoms with van der Waals surface area (Å²) in [6, 6.07) is 24.1. The van der Waals surface area contributed by atoms with Gasteiger partial charge in [0.15, 0.2) is 6.10 Å². The highest BCUT2D eigenvalue weighted by Crippen LogP contribution is 2.44. The molecule has 4 aromatic carbocycles. The van der Waals surface area contributed by atoms with Crippen LogP contribution in [-0.2, 0) is 19.1 Å². The second kappa shape index (κ2) is 18.4. The monoisotopic (exact) mass is 766 g/mol. The number of nitro groups is 1. The molecule has 7 N–H and O–H groups in total. The molecule has 16 nitrogen and oxygen atoms in total. The number of carbonyl (C=O) groups is 5. The molecule has 0 heterocycles. The number of non-ortho nitro benzene ring substituents is 1. The van der Waals surface area contributed by atoms with E-state index in [1.54, 1.807) is 13.8 Å². The van der Waals surface area contributed by atoms with Crippen LogP contribution in [0.5, 0.6) is 0 Å². The van der Waals surface area contributed by atoms with E-state index in [2.05, 4.69) is 21.3 Å². The van der Waals surface area contributed by atoms with Crippen LogP contribution in [0.15, 0.2) is 97.1 Å². The van der Waals surface area contributed by atoms with E-state index in [1.165, 1.54) is 48.5 Å². The number of hydrogen-bond acceptors (Lipinski definition) is 9. The first-order valence-corrected chi connectivity index (χ1v) is 17.8. The number of rotatable bonds is 16. The summed E-state index contributed by atoms with van der Waals surface area (Å²) in [6.45, 7) is 3.64. The molecule has 0 saturated carbocycles. The average molecular weight is 767 g/mol. The van der Waals surface area contributed by atoms with E-state index >= 15 is 0 Å². The molecule has 0 aromatic heterocycles. The molecule has 0 saturated heterocycles. The van der Waals surface area contributed by atoms with Crippen molar-refractivity contribution in [3.63, 3.8) is 0 Å². The van der Waals surface area contributed by atoms with E-state index in [0.717, 1.165) is 22.3 Å². The van der Waals surface area contributed by atoms with Crippen LogP contribution in [0.25, 0.3) is 11.1 Å². The summed E-state index contributed by atoms with van der Waals surface area (Å²) < 4.78 is 10.7. The summed E-state index contributed by atoms with van der Waals surface area (Å²) in [5.74, 6) is -1.83. The number of nitrogens with zero attached hydrogens (tertiary/aromatic N) is 1. The van der Waals surface area contributed by atoms with E-state index in [0.29, 0.717) is 16.8 Å². The smallest absolute Gasteiger partial charge is 0.450 e. The van der Waals surface area contributed by atoms with Gasteiger partial charge in [0.05, 0.1) is 4.92 Å². The average Bonchev–Trinajstić information content (AvgIpc) is 3.49. The van der Waals surface area contributed by atoms with E-state index in [9.17, 15) is 39.2 Å². The van der Waals surface area contributed by atoms with Crippen molar-refractivity contribution < 1.29 is 43.5 Å². The van der Waals surface area contributed by atoms with Crippen LogP contribution >= 0.6 is 0 Å². The van der Waals surface area contributed by atoms with E-state index in [1.807, 2.05) is 48.5 Å². The number of primary amides is 1. The molecule has 1 aliphatic carbocycles. The number of nitro benzene ring substituents is 1. The van der Waals surface area contributed by atoms with Crippen molar-refractivity contribution in [1.29, 1.82) is 0 Å². The van der Waals surface area contributed by atoms with E-state index in [4.69, 9.17) is 15.2 Å². The number of benzene rings is 4. The van der Waals surface area contributed by atoms with Crippen molar-refractivity contribution in [2.75, 3.05) is 18.5 Å². The molecule has 292 valence electrons. The maximum atomic E-state index is 13.7. The molecular weight excluding hydrogens is 724 g/mol. The minimum absolute atomic E-state index is 0.0417. The maximum absolute atomic E-state index is 13.7. The number of alkyl carbamates (subject to hydrolysis) is 1. The molecule has 3 atom stereocenters. The number of hydrogen-bond donors (Lipinski definition) is 6. The Morgan fingerprint density at radius 1 is 0.821 bits per heavy atom. The standard InChI is InChI=1S/C40H42N6O10/c1-23(2)34(45-39(50)55-22-32-30-10-5-3-8-28(30)29-9-4-6-11-31(29)32)37(48)44-33(12-7-21-42-38(41)49)36(47)43-26-17-13-24(14-18-26)35(56-40(51)52)25-15-19-27(20-16-25)46(53)54/h3-6,8-11,13-20,23,32-35H,7,12,21-22H2,1-2H3,(H,43,47)(H,44,48)(H,45,50)(H,51,52)(H3,41,42,49). The lowest BCUT2D eigenvalue weighted by Crippen LogP contribution is -2.54. The van der Waals surface area contributed by atoms with Crippen LogP contribution in [-0.4, -0.2) is 65.4 Å². The quantitative estimate of drug-likeness (QED) is 0.0346. The summed E-state index contributed by atoms with van der Waals surface area (Å²) in [5, 5.41) is 31.0. The molecule has 0 radical (unpaired) electrons. The fourth-order valence-corrected chi connectivity index (χ4v) is 6.52. The summed E-state index contributed by atoms with van der Waals surface area (Å²) in [7, 11) is 0. The number of ether oxygens (including phenoxy) is 2. The van der Waals surface area contributed by atoms with Gasteiger partial charge in [-0.2, -0.15) is 0 Å². The van der Waals surface area contributed by atoms with Gasteiger partial charge in [0, 0.05) is 30.3 Å². The highest BCUT2D eigenvalue weighted by molar-refractivity contribution is 5.98. The zero-order chi connectivity index (χ0) is 40.4. The number of anilines is 1. The number of urea groups is 1. The van der Waals surface area contributed by atoms with Crippen LogP contribution in [0.4, 0.5) is 25.8 Å². The molecule has 0 fully saturated rings. The van der Waals surface area contributed by atoms with Crippen molar-refractivity contribution >= 4 is 41.5 Å². The van der Waals surface area contributed by atoms with Gasteiger partial charge in [-0.25, -0.2) is 14.4 Å². The molecule has 0 aliphatic heterocycles. The topological polar surface area (TPSA) is 241 Å². The van der Waals surface area contributed by atoms with Gasteiger partial charge < -0.3 is 41.6 Å². The third-order valence-electron chi connectivity index (χ3n) is 9.27. The largest absolute Gasteiger partial charge is 0.506 e. The second-order valence-electron chi connectivity index (χ2n) is 13.4. The Morgan fingerprint density at radius 2 is 1.39 bits per heavy atom. The van der Waals surface area contributed by atoms with Gasteiger partial charge in [-0.05, 0) is 76.4 Å². The second-order valence-corrected chi connectivity index (χ2v) is 13.4. The maximum Gasteiger partial charge on any atom is 0.506 e. The highest BCUT2D eigenvalue weighted by atomic mass is 16.7. The Bertz CT molecular complexity index is 2030. The van der Waals surface area contributed by atoms with Crippen molar-refractivity contribution in [2.24, 2.45) is 11.7 Å². The highest BCUT2D eigenvalue weighted by Gasteiger charge is 2.32. The summed E-state index contributed by atoms with van der Waals surface area (Å²) in [6.07, 6.45) is -3.15. The predicted molar refractivity (Wildman–Crippen MR) is 205 cm³/mol. The van der Waals surface area contributed by atoms with Gasteiger partial charge in [0.2, 0.25) is 11.8 Å². The zero-order valence-electron chi connectivity index (χ0n) is 30.6. The molecule has 56 heavy (non-hydrogen) atoms. The first-order valence-electron chi connectivity index (χ1n) is 17.8. The zero-order valence-corrected chi connectivity index (χ0v) is 30.6. The Kier molecular flexibility index (Phi) is 13.2. The fraction of sp³-hybridized carbons (Fsp3) is 0.275. The van der Waals surface area contributed by atoms with Crippen LogP contribution in [0, 0.1) is 16.0 Å². The first-order chi connectivity index (χ1) is 26.8. The van der Waals surface area contributed by atoms with Crippen molar-refractivity contribution in [2.45, 2.75) is 50.8 Å². The summed E-state index contributed by atoms with van der Waals surface area (Å²) >= 11 is 0. The predicted octanol–water partition coefficient (Wildman–Crippen LogP) is 5.81. The lowest BCUT2D eigenvalue weighted by Gasteiger charge is -2.25. The molecule has 3 unspecified atom stereocenters. The van der Waals surface area contributed by atoms with E-state index in [-0.39, 0.29) is 37.6 Å². The minimum Gasteiger partial charge on any atom is -0.450 e. The lowest BCUT2D eigenvalue weighted by molar-refractivity contribution is -0.384. The van der Waals surface area contributed by atoms with Crippen molar-refractivity contribution in [1.82, 2.24) is 16.0 Å². The Balaban J connectivity index is 1.25. The van der Waals surface area contributed by atoms with Gasteiger partial charge in [-0.1, -0.05) is 74.5 Å². The van der Waals surface area contributed by atoms with Crippen molar-refractivity contribution in [3.8, 4) is 11.1 Å². The molecule has 16 heteroatoms. The van der Waals surface area contributed by atoms with Gasteiger partial charge in [-0.15, -0.1) is 0 Å². The molecule has 1 aliphatic rings. The number of carbonyl (C=O) groups excluding carboxylic acids is 4. The Morgan fingerprint density at radius 3 is 1.93 bits per heavy atom. The number of nitrogens with one attached hydrogen (secondary N) is 4. The first kappa shape index (κ1) is 40.2. The number of nitrogens with two attached hydrogens (primary N) is 1. The Labute approximate surface area is 321 Å². The summed E-state index contributed by atoms with van der Waals surface area (Å²) in [4.78, 5) is 73.6. The van der Waals surface area contributed by atoms with E-state index < -0.39 is 59.1 Å². The third kappa shape index (κ3) is 10.2. The molecule has 4 aromatic rings. The minimum atomic E-state index is -1.57. The number of carboxylic acid groups (broad SMARTS) is 1. The molecule has 0 bridgehead atoms. The lowest BCUT2D eigenvalue weighted by atomic mass is 9.98. The third-order valence-corrected chi connectivity index (χ3v) is 9.27. The van der Waals surface area contributed by atoms with Crippen LogP contribution < -0.4 is 27.0 Å². The normalized spacial score (nSPS) is 13.3. The number of fused-ring (bicyclic) bond motifs is 3. The fourth-order valence-electron chi connectivity index (χ4n) is 6.52. The van der Waals surface area contributed by atoms with Gasteiger partial charge >= 0.3 is 18.3 Å². The van der Waals surface area contributed by atoms with Crippen LogP contribution in [0.1, 0.15) is 61.0 Å². The van der Waals surface area contributed by atoms with Crippen molar-refractivity contribution in [3.05, 3.63) is 129 Å². The molecular formula is C40H42N6O10. The molecule has 5 amide bonds. The van der Waals surface area contributed by atoms with Gasteiger partial charge in [0.25, 0.3) is 5.69 Å². The van der Waals surface area contributed by atoms with Gasteiger partial charge in [-0.3, -0.25) is 19.7 Å².